The van der Waals surface area contributed by atoms with Crippen LogP contribution in [0.25, 0.3) is 0 Å². The minimum absolute atomic E-state index is 0.218. The number of aromatic amines is 1. The molecule has 1 N–H and O–H groups in total. The van der Waals surface area contributed by atoms with Gasteiger partial charge in [0.2, 0.25) is 0 Å². The number of rotatable bonds is 3. The van der Waals surface area contributed by atoms with Gasteiger partial charge in [0, 0.05) is 17.9 Å². The van der Waals surface area contributed by atoms with Gasteiger partial charge in [-0.1, -0.05) is 6.92 Å². The van der Waals surface area contributed by atoms with Crippen molar-refractivity contribution < 1.29 is 9.31 Å². The molecule has 0 amide bonds. The zero-order valence-electron chi connectivity index (χ0n) is 11.6. The van der Waals surface area contributed by atoms with E-state index in [0.717, 1.165) is 23.7 Å². The Morgan fingerprint density at radius 2 is 2.17 bits per heavy atom. The van der Waals surface area contributed by atoms with Crippen molar-refractivity contribution in [1.29, 1.82) is 0 Å². The average molecular weight is 248 g/mol. The van der Waals surface area contributed by atoms with Crippen molar-refractivity contribution in [1.82, 2.24) is 10.2 Å². The molecular formula is C13H21BN2O2. The molecule has 2 unspecified atom stereocenters. The van der Waals surface area contributed by atoms with Crippen molar-refractivity contribution in [3.8, 4) is 0 Å². The normalized spacial score (nSPS) is 38.1. The monoisotopic (exact) mass is 248 g/mol. The van der Waals surface area contributed by atoms with Crippen molar-refractivity contribution in [3.05, 3.63) is 12.4 Å². The highest BCUT2D eigenvalue weighted by atomic mass is 16.7. The van der Waals surface area contributed by atoms with Gasteiger partial charge in [0.25, 0.3) is 0 Å². The molecule has 1 aromatic rings. The lowest BCUT2D eigenvalue weighted by atomic mass is 9.81. The molecule has 1 saturated carbocycles. The third-order valence-electron chi connectivity index (χ3n) is 4.76. The SMILES string of the molecule is CC1C[C@@H]1CC1(C)OB(c2cn[nH]c2)OC1(C)C. The van der Waals surface area contributed by atoms with E-state index < -0.39 is 0 Å². The second-order valence-corrected chi connectivity index (χ2v) is 6.52. The van der Waals surface area contributed by atoms with Gasteiger partial charge in [-0.2, -0.15) is 5.10 Å². The molecular weight excluding hydrogens is 227 g/mol. The molecule has 0 aromatic carbocycles. The summed E-state index contributed by atoms with van der Waals surface area (Å²) in [6.07, 6.45) is 6.01. The van der Waals surface area contributed by atoms with Crippen molar-refractivity contribution in [2.75, 3.05) is 0 Å². The van der Waals surface area contributed by atoms with Crippen LogP contribution in [0, 0.1) is 11.8 Å². The van der Waals surface area contributed by atoms with Gasteiger partial charge in [-0.05, 0) is 45.4 Å². The van der Waals surface area contributed by atoms with Crippen LogP contribution in [0.5, 0.6) is 0 Å². The van der Waals surface area contributed by atoms with E-state index in [-0.39, 0.29) is 18.3 Å². The Morgan fingerprint density at radius 3 is 2.72 bits per heavy atom. The van der Waals surface area contributed by atoms with E-state index in [9.17, 15) is 0 Å². The number of aromatic nitrogens is 2. The molecule has 2 fully saturated rings. The summed E-state index contributed by atoms with van der Waals surface area (Å²) < 4.78 is 12.3. The van der Waals surface area contributed by atoms with Gasteiger partial charge in [-0.3, -0.25) is 5.10 Å². The molecule has 1 aromatic heterocycles. The van der Waals surface area contributed by atoms with Crippen molar-refractivity contribution in [3.63, 3.8) is 0 Å². The van der Waals surface area contributed by atoms with Gasteiger partial charge >= 0.3 is 7.12 Å². The summed E-state index contributed by atoms with van der Waals surface area (Å²) in [5.74, 6) is 1.63. The fraction of sp³-hybridized carbons (Fsp3) is 0.769. The van der Waals surface area contributed by atoms with Gasteiger partial charge < -0.3 is 9.31 Å². The summed E-state index contributed by atoms with van der Waals surface area (Å²) in [5.41, 5.74) is 0.484. The Balaban J connectivity index is 1.78. The zero-order chi connectivity index (χ0) is 13.0. The second kappa shape index (κ2) is 3.84. The Bertz CT molecular complexity index is 434. The lowest BCUT2D eigenvalue weighted by molar-refractivity contribution is -0.0203. The van der Waals surface area contributed by atoms with Crippen LogP contribution in [-0.4, -0.2) is 28.5 Å². The van der Waals surface area contributed by atoms with E-state index in [1.807, 2.05) is 6.20 Å². The molecule has 2 aliphatic rings. The number of nitrogens with zero attached hydrogens (tertiary/aromatic N) is 1. The predicted molar refractivity (Wildman–Crippen MR) is 70.5 cm³/mol. The lowest BCUT2D eigenvalue weighted by Crippen LogP contribution is -2.45. The van der Waals surface area contributed by atoms with E-state index >= 15 is 0 Å². The number of hydrogen-bond acceptors (Lipinski definition) is 3. The van der Waals surface area contributed by atoms with Gasteiger partial charge in [-0.25, -0.2) is 0 Å². The molecule has 1 saturated heterocycles. The number of hydrogen-bond donors (Lipinski definition) is 1. The van der Waals surface area contributed by atoms with Crippen molar-refractivity contribution in [2.45, 2.75) is 51.7 Å². The molecule has 0 spiro atoms. The predicted octanol–water partition coefficient (Wildman–Crippen LogP) is 1.74. The van der Waals surface area contributed by atoms with E-state index in [1.165, 1.54) is 6.42 Å². The zero-order valence-corrected chi connectivity index (χ0v) is 11.6. The third-order valence-corrected chi connectivity index (χ3v) is 4.76. The maximum Gasteiger partial charge on any atom is 0.498 e. The van der Waals surface area contributed by atoms with Crippen LogP contribution in [0.3, 0.4) is 0 Å². The highest BCUT2D eigenvalue weighted by Crippen LogP contribution is 2.50. The summed E-state index contributed by atoms with van der Waals surface area (Å²) in [6, 6.07) is 0. The third kappa shape index (κ3) is 1.90. The first-order valence-corrected chi connectivity index (χ1v) is 6.76. The molecule has 0 radical (unpaired) electrons. The minimum atomic E-state index is -0.294. The summed E-state index contributed by atoms with van der Waals surface area (Å²) in [6.45, 7) is 8.74. The molecule has 1 aliphatic carbocycles. The summed E-state index contributed by atoms with van der Waals surface area (Å²) >= 11 is 0. The summed E-state index contributed by atoms with van der Waals surface area (Å²) in [5, 5.41) is 6.77. The fourth-order valence-electron chi connectivity index (χ4n) is 2.80. The Morgan fingerprint density at radius 1 is 1.44 bits per heavy atom. The maximum atomic E-state index is 6.23. The van der Waals surface area contributed by atoms with Crippen molar-refractivity contribution in [2.24, 2.45) is 11.8 Å². The first-order valence-electron chi connectivity index (χ1n) is 6.76. The smallest absolute Gasteiger partial charge is 0.399 e. The Labute approximate surface area is 109 Å². The first kappa shape index (κ1) is 12.2. The molecule has 4 nitrogen and oxygen atoms in total. The van der Waals surface area contributed by atoms with Gasteiger partial charge in [0.1, 0.15) is 0 Å². The molecule has 98 valence electrons. The van der Waals surface area contributed by atoms with Gasteiger partial charge in [-0.15, -0.1) is 0 Å². The van der Waals surface area contributed by atoms with Gasteiger partial charge in [0.15, 0.2) is 0 Å². The topological polar surface area (TPSA) is 47.1 Å². The number of H-pyrrole nitrogens is 1. The van der Waals surface area contributed by atoms with Crippen LogP contribution < -0.4 is 5.46 Å². The summed E-state index contributed by atoms with van der Waals surface area (Å²) in [4.78, 5) is 0. The van der Waals surface area contributed by atoms with E-state index in [1.54, 1.807) is 6.20 Å². The molecule has 2 heterocycles. The Kier molecular flexibility index (Phi) is 2.61. The van der Waals surface area contributed by atoms with Crippen LogP contribution in [0.2, 0.25) is 0 Å². The molecule has 3 atom stereocenters. The highest BCUT2D eigenvalue weighted by Gasteiger charge is 2.57. The standard InChI is InChI=1S/C13H21BN2O2/c1-9-5-10(9)6-13(4)12(2,3)17-14(18-13)11-7-15-16-8-11/h7-10H,5-6H2,1-4H3,(H,15,16)/t9?,10-,13?/m1/s1. The Hall–Kier alpha value is -0.805. The quantitative estimate of drug-likeness (QED) is 0.829. The van der Waals surface area contributed by atoms with Crippen LogP contribution in [-0.2, 0) is 9.31 Å². The minimum Gasteiger partial charge on any atom is -0.399 e. The van der Waals surface area contributed by atoms with Crippen molar-refractivity contribution >= 4 is 12.6 Å². The molecule has 18 heavy (non-hydrogen) atoms. The number of nitrogens with one attached hydrogen (secondary N) is 1. The van der Waals surface area contributed by atoms with E-state index in [2.05, 4.69) is 37.9 Å². The second-order valence-electron chi connectivity index (χ2n) is 6.52. The van der Waals surface area contributed by atoms with Crippen LogP contribution in [0.15, 0.2) is 12.4 Å². The van der Waals surface area contributed by atoms with Gasteiger partial charge in [0.05, 0.1) is 11.2 Å². The molecule has 1 aliphatic heterocycles. The average Bonchev–Trinajstić information content (AvgIpc) is 2.74. The highest BCUT2D eigenvalue weighted by molar-refractivity contribution is 6.61. The largest absolute Gasteiger partial charge is 0.498 e. The molecule has 5 heteroatoms. The first-order chi connectivity index (χ1) is 8.41. The van der Waals surface area contributed by atoms with E-state index in [4.69, 9.17) is 9.31 Å². The summed E-state index contributed by atoms with van der Waals surface area (Å²) in [7, 11) is -0.294. The lowest BCUT2D eigenvalue weighted by Gasteiger charge is -2.36. The van der Waals surface area contributed by atoms with Crippen LogP contribution >= 0.6 is 0 Å². The maximum absolute atomic E-state index is 6.23. The fourth-order valence-corrected chi connectivity index (χ4v) is 2.80. The molecule has 3 rings (SSSR count). The van der Waals surface area contributed by atoms with Crippen LogP contribution in [0.1, 0.15) is 40.5 Å². The van der Waals surface area contributed by atoms with Crippen LogP contribution in [0.4, 0.5) is 0 Å². The van der Waals surface area contributed by atoms with E-state index in [0.29, 0.717) is 0 Å². The molecule has 0 bridgehead atoms.